The van der Waals surface area contributed by atoms with Crippen molar-refractivity contribution in [1.82, 2.24) is 10.7 Å². The monoisotopic (exact) mass is 275 g/mol. The topological polar surface area (TPSA) is 53.5 Å². The van der Waals surface area contributed by atoms with E-state index in [0.717, 1.165) is 18.5 Å². The van der Waals surface area contributed by atoms with Gasteiger partial charge in [-0.3, -0.25) is 4.79 Å². The van der Waals surface area contributed by atoms with Gasteiger partial charge in [0.15, 0.2) is 0 Å². The molecule has 1 amide bonds. The number of carbonyl (C=O) groups is 1. The molecule has 20 heavy (non-hydrogen) atoms. The molecule has 0 aliphatic rings. The zero-order valence-electron chi connectivity index (χ0n) is 13.1. The highest BCUT2D eigenvalue weighted by atomic mass is 16.2. The van der Waals surface area contributed by atoms with E-state index >= 15 is 0 Å². The molecule has 0 saturated carbocycles. The molecule has 4 heteroatoms. The summed E-state index contributed by atoms with van der Waals surface area (Å²) in [6.45, 7) is 11.5. The van der Waals surface area contributed by atoms with Crippen LogP contribution >= 0.6 is 0 Å². The van der Waals surface area contributed by atoms with Gasteiger partial charge in [0.1, 0.15) is 0 Å². The molecule has 0 aliphatic carbocycles. The number of hydrogen-bond acceptors (Lipinski definition) is 3. The maximum Gasteiger partial charge on any atom is 0.254 e. The first-order valence-electron chi connectivity index (χ1n) is 7.07. The van der Waals surface area contributed by atoms with E-state index in [0.29, 0.717) is 6.54 Å². The Morgan fingerprint density at radius 2 is 1.80 bits per heavy atom. The molecule has 1 aromatic carbocycles. The molecule has 0 aliphatic heterocycles. The van der Waals surface area contributed by atoms with Gasteiger partial charge in [0.2, 0.25) is 0 Å². The Hall–Kier alpha value is -1.68. The van der Waals surface area contributed by atoms with E-state index < -0.39 is 0 Å². The standard InChI is InChI=1S/C16H25N3O/c1-6-7-17-10-16(20)19-18-9-15-13(4)11(2)8-12(3)14(15)5/h8-9,17H,6-7,10H2,1-5H3,(H,19,20)/b18-9+. The molecule has 0 aromatic heterocycles. The van der Waals surface area contributed by atoms with Crippen molar-refractivity contribution in [2.75, 3.05) is 13.1 Å². The van der Waals surface area contributed by atoms with Crippen molar-refractivity contribution in [3.05, 3.63) is 33.9 Å². The van der Waals surface area contributed by atoms with E-state index in [4.69, 9.17) is 0 Å². The third-order valence-corrected chi connectivity index (χ3v) is 3.52. The third-order valence-electron chi connectivity index (χ3n) is 3.52. The van der Waals surface area contributed by atoms with E-state index in [1.165, 1.54) is 22.3 Å². The predicted octanol–water partition coefficient (Wildman–Crippen LogP) is 2.37. The van der Waals surface area contributed by atoms with Gasteiger partial charge in [0.05, 0.1) is 12.8 Å². The van der Waals surface area contributed by atoms with Crippen molar-refractivity contribution >= 4 is 12.1 Å². The molecule has 1 aromatic rings. The molecule has 0 atom stereocenters. The second-order valence-corrected chi connectivity index (χ2v) is 5.14. The lowest BCUT2D eigenvalue weighted by Gasteiger charge is -2.11. The number of aryl methyl sites for hydroxylation is 2. The Bertz CT molecular complexity index is 481. The zero-order chi connectivity index (χ0) is 15.1. The molecular weight excluding hydrogens is 250 g/mol. The summed E-state index contributed by atoms with van der Waals surface area (Å²) >= 11 is 0. The van der Waals surface area contributed by atoms with Crippen LogP contribution in [0.5, 0.6) is 0 Å². The summed E-state index contributed by atoms with van der Waals surface area (Å²) in [5.41, 5.74) is 8.53. The van der Waals surface area contributed by atoms with Crippen LogP contribution in [0.2, 0.25) is 0 Å². The average Bonchev–Trinajstić information content (AvgIpc) is 2.41. The van der Waals surface area contributed by atoms with Crippen LogP contribution < -0.4 is 10.7 Å². The van der Waals surface area contributed by atoms with Gasteiger partial charge in [-0.2, -0.15) is 5.10 Å². The first-order chi connectivity index (χ1) is 9.47. The van der Waals surface area contributed by atoms with Crippen molar-refractivity contribution in [2.45, 2.75) is 41.0 Å². The van der Waals surface area contributed by atoms with Crippen LogP contribution in [-0.2, 0) is 4.79 Å². The molecular formula is C16H25N3O. The average molecular weight is 275 g/mol. The SMILES string of the molecule is CCCNCC(=O)N/N=C/c1c(C)c(C)cc(C)c1C. The Morgan fingerprint density at radius 3 is 2.35 bits per heavy atom. The fourth-order valence-electron chi connectivity index (χ4n) is 2.03. The summed E-state index contributed by atoms with van der Waals surface area (Å²) in [5, 5.41) is 7.10. The third kappa shape index (κ3) is 4.46. The van der Waals surface area contributed by atoms with E-state index in [1.807, 2.05) is 0 Å². The number of nitrogens with one attached hydrogen (secondary N) is 2. The highest BCUT2D eigenvalue weighted by Crippen LogP contribution is 2.19. The zero-order valence-corrected chi connectivity index (χ0v) is 13.1. The minimum absolute atomic E-state index is 0.116. The van der Waals surface area contributed by atoms with Crippen molar-refractivity contribution in [3.8, 4) is 0 Å². The van der Waals surface area contributed by atoms with Crippen LogP contribution in [-0.4, -0.2) is 25.2 Å². The molecule has 0 fully saturated rings. The highest BCUT2D eigenvalue weighted by Gasteiger charge is 2.06. The summed E-state index contributed by atoms with van der Waals surface area (Å²) in [4.78, 5) is 11.5. The maximum atomic E-state index is 11.5. The second kappa shape index (κ2) is 7.80. The molecule has 2 N–H and O–H groups in total. The van der Waals surface area contributed by atoms with Crippen LogP contribution in [0.3, 0.4) is 0 Å². The summed E-state index contributed by atoms with van der Waals surface area (Å²) in [7, 11) is 0. The van der Waals surface area contributed by atoms with Gasteiger partial charge >= 0.3 is 0 Å². The first kappa shape index (κ1) is 16.4. The van der Waals surface area contributed by atoms with Crippen molar-refractivity contribution in [2.24, 2.45) is 5.10 Å². The summed E-state index contributed by atoms with van der Waals surface area (Å²) in [5.74, 6) is -0.116. The number of nitrogens with zero attached hydrogens (tertiary/aromatic N) is 1. The molecule has 110 valence electrons. The first-order valence-corrected chi connectivity index (χ1v) is 7.07. The quantitative estimate of drug-likeness (QED) is 0.476. The van der Waals surface area contributed by atoms with Crippen LogP contribution in [0.4, 0.5) is 0 Å². The number of rotatable bonds is 6. The molecule has 0 unspecified atom stereocenters. The minimum atomic E-state index is -0.116. The van der Waals surface area contributed by atoms with Crippen LogP contribution in [0.25, 0.3) is 0 Å². The molecule has 4 nitrogen and oxygen atoms in total. The maximum absolute atomic E-state index is 11.5. The molecule has 0 heterocycles. The fourth-order valence-corrected chi connectivity index (χ4v) is 2.03. The Labute approximate surface area is 121 Å². The van der Waals surface area contributed by atoms with E-state index in [-0.39, 0.29) is 5.91 Å². The van der Waals surface area contributed by atoms with Gasteiger partial charge in [-0.25, -0.2) is 5.43 Å². The lowest BCUT2D eigenvalue weighted by Crippen LogP contribution is -2.31. The van der Waals surface area contributed by atoms with E-state index in [1.54, 1.807) is 6.21 Å². The van der Waals surface area contributed by atoms with Gasteiger partial charge in [-0.1, -0.05) is 13.0 Å². The van der Waals surface area contributed by atoms with Gasteiger partial charge in [0.25, 0.3) is 5.91 Å². The molecule has 0 bridgehead atoms. The van der Waals surface area contributed by atoms with Gasteiger partial charge in [-0.05, 0) is 62.9 Å². The highest BCUT2D eigenvalue weighted by molar-refractivity contribution is 5.86. The lowest BCUT2D eigenvalue weighted by molar-refractivity contribution is -0.120. The summed E-state index contributed by atoms with van der Waals surface area (Å²) in [6, 6.07) is 2.18. The number of benzene rings is 1. The molecule has 0 saturated heterocycles. The van der Waals surface area contributed by atoms with Crippen molar-refractivity contribution in [3.63, 3.8) is 0 Å². The van der Waals surface area contributed by atoms with Crippen molar-refractivity contribution < 1.29 is 4.79 Å². The number of carbonyl (C=O) groups excluding carboxylic acids is 1. The lowest BCUT2D eigenvalue weighted by atomic mass is 9.95. The van der Waals surface area contributed by atoms with Crippen molar-refractivity contribution in [1.29, 1.82) is 0 Å². The van der Waals surface area contributed by atoms with Gasteiger partial charge < -0.3 is 5.32 Å². The largest absolute Gasteiger partial charge is 0.308 e. The molecule has 0 spiro atoms. The van der Waals surface area contributed by atoms with Crippen LogP contribution in [0.1, 0.15) is 41.2 Å². The predicted molar refractivity (Wildman–Crippen MR) is 84.3 cm³/mol. The number of hydrogen-bond donors (Lipinski definition) is 2. The smallest absolute Gasteiger partial charge is 0.254 e. The summed E-state index contributed by atoms with van der Waals surface area (Å²) in [6.07, 6.45) is 2.75. The van der Waals surface area contributed by atoms with Crippen LogP contribution in [0, 0.1) is 27.7 Å². The van der Waals surface area contributed by atoms with Crippen LogP contribution in [0.15, 0.2) is 11.2 Å². The Balaban J connectivity index is 2.69. The minimum Gasteiger partial charge on any atom is -0.308 e. The fraction of sp³-hybridized carbons (Fsp3) is 0.500. The van der Waals surface area contributed by atoms with Gasteiger partial charge in [0, 0.05) is 5.56 Å². The number of hydrazone groups is 1. The second-order valence-electron chi connectivity index (χ2n) is 5.14. The Morgan fingerprint density at radius 1 is 1.20 bits per heavy atom. The molecule has 0 radical (unpaired) electrons. The normalized spacial score (nSPS) is 11.1. The van der Waals surface area contributed by atoms with E-state index in [9.17, 15) is 4.79 Å². The molecule has 1 rings (SSSR count). The summed E-state index contributed by atoms with van der Waals surface area (Å²) < 4.78 is 0. The Kier molecular flexibility index (Phi) is 6.39. The number of amides is 1. The van der Waals surface area contributed by atoms with Gasteiger partial charge in [-0.15, -0.1) is 0 Å². The van der Waals surface area contributed by atoms with E-state index in [2.05, 4.69) is 56.5 Å².